The van der Waals surface area contributed by atoms with Gasteiger partial charge in [0.15, 0.2) is 0 Å². The number of amides is 1. The van der Waals surface area contributed by atoms with Crippen LogP contribution in [0.3, 0.4) is 0 Å². The number of carbonyl (C=O) groups is 1. The van der Waals surface area contributed by atoms with Crippen LogP contribution in [0.25, 0.3) is 6.08 Å². The topological polar surface area (TPSA) is 54.5 Å². The summed E-state index contributed by atoms with van der Waals surface area (Å²) >= 11 is 6.03. The Morgan fingerprint density at radius 3 is 2.73 bits per heavy atom. The molecule has 3 atom stereocenters. The third kappa shape index (κ3) is 2.32. The van der Waals surface area contributed by atoms with Gasteiger partial charge < -0.3 is 0 Å². The Hall–Kier alpha value is -1.33. The van der Waals surface area contributed by atoms with E-state index in [9.17, 15) is 13.2 Å². The second-order valence-corrected chi connectivity index (χ2v) is 10.9. The maximum absolute atomic E-state index is 12.9. The van der Waals surface area contributed by atoms with Crippen LogP contribution in [0, 0.1) is 23.7 Å². The zero-order chi connectivity index (χ0) is 18.9. The van der Waals surface area contributed by atoms with Crippen LogP contribution in [0.15, 0.2) is 24.3 Å². The number of carbonyl (C=O) groups excluding carboxylic acids is 1. The van der Waals surface area contributed by atoms with E-state index in [2.05, 4.69) is 13.8 Å². The van der Waals surface area contributed by atoms with Gasteiger partial charge in [-0.25, -0.2) is 12.7 Å². The molecule has 2 aliphatic carbocycles. The van der Waals surface area contributed by atoms with E-state index in [1.165, 1.54) is 10.4 Å². The van der Waals surface area contributed by atoms with Crippen LogP contribution in [-0.2, 0) is 14.8 Å². The molecule has 4 rings (SSSR count). The summed E-state index contributed by atoms with van der Waals surface area (Å²) in [6.07, 6.45) is 5.83. The molecule has 0 radical (unpaired) electrons. The van der Waals surface area contributed by atoms with E-state index in [0.29, 0.717) is 10.9 Å². The van der Waals surface area contributed by atoms with Crippen molar-refractivity contribution in [1.29, 1.82) is 0 Å². The van der Waals surface area contributed by atoms with Crippen molar-refractivity contribution in [3.8, 4) is 0 Å². The molecular formula is C20H24ClNO3S. The van der Waals surface area contributed by atoms with Crippen molar-refractivity contribution in [2.24, 2.45) is 16.7 Å². The first-order valence-electron chi connectivity index (χ1n) is 9.09. The summed E-state index contributed by atoms with van der Waals surface area (Å²) < 4.78 is 26.9. The van der Waals surface area contributed by atoms with E-state index in [0.717, 1.165) is 30.4 Å². The number of aryl methyl sites for hydroxylation is 1. The number of hydrogen-bond acceptors (Lipinski definition) is 3. The predicted octanol–water partition coefficient (Wildman–Crippen LogP) is 4.03. The summed E-state index contributed by atoms with van der Waals surface area (Å²) in [7, 11) is -3.57. The molecule has 3 fully saturated rings. The molecule has 140 valence electrons. The Morgan fingerprint density at radius 2 is 2.08 bits per heavy atom. The Kier molecular flexibility index (Phi) is 3.88. The number of sulfonamides is 1. The van der Waals surface area contributed by atoms with E-state index in [-0.39, 0.29) is 22.6 Å². The van der Waals surface area contributed by atoms with Crippen LogP contribution in [0.2, 0.25) is 5.02 Å². The molecule has 0 unspecified atom stereocenters. The lowest BCUT2D eigenvalue weighted by molar-refractivity contribution is -0.123. The highest BCUT2D eigenvalue weighted by Crippen LogP contribution is 2.69. The first-order chi connectivity index (χ1) is 12.1. The monoisotopic (exact) mass is 393 g/mol. The standard InChI is InChI=1S/C20H24ClNO3S/c1-13-10-14(4-6-16(13)21)5-7-18(23)22-17-11-15-8-9-20(17,19(15,2)3)12-26(22,24)25/h4-7,10,15,17H,8-9,11-12H2,1-3H3/t15-,17-,20+/m0/s1. The molecule has 1 amide bonds. The molecule has 2 saturated carbocycles. The van der Waals surface area contributed by atoms with E-state index in [1.807, 2.05) is 19.1 Å². The largest absolute Gasteiger partial charge is 0.269 e. The molecule has 0 aromatic heterocycles. The average Bonchev–Trinajstić information content (AvgIpc) is 3.03. The predicted molar refractivity (Wildman–Crippen MR) is 103 cm³/mol. The molecule has 1 aromatic carbocycles. The van der Waals surface area contributed by atoms with Crippen molar-refractivity contribution in [2.75, 3.05) is 5.75 Å². The highest BCUT2D eigenvalue weighted by atomic mass is 35.5. The van der Waals surface area contributed by atoms with Gasteiger partial charge in [-0.2, -0.15) is 0 Å². The molecular weight excluding hydrogens is 370 g/mol. The van der Waals surface area contributed by atoms with Gasteiger partial charge in [-0.3, -0.25) is 4.79 Å². The number of fused-ring (bicyclic) bond motifs is 1. The number of benzene rings is 1. The fraction of sp³-hybridized carbons (Fsp3) is 0.550. The van der Waals surface area contributed by atoms with Gasteiger partial charge in [0.2, 0.25) is 10.0 Å². The number of hydrogen-bond donors (Lipinski definition) is 0. The van der Waals surface area contributed by atoms with Gasteiger partial charge >= 0.3 is 0 Å². The van der Waals surface area contributed by atoms with Crippen molar-refractivity contribution in [3.63, 3.8) is 0 Å². The Bertz CT molecular complexity index is 921. The Labute approximate surface area is 160 Å². The molecule has 1 saturated heterocycles. The lowest BCUT2D eigenvalue weighted by Gasteiger charge is -2.36. The normalized spacial score (nSPS) is 33.8. The average molecular weight is 394 g/mol. The minimum absolute atomic E-state index is 0.0310. The van der Waals surface area contributed by atoms with E-state index in [4.69, 9.17) is 11.6 Å². The first kappa shape index (κ1) is 18.1. The number of halogens is 1. The molecule has 2 bridgehead atoms. The minimum atomic E-state index is -3.57. The summed E-state index contributed by atoms with van der Waals surface area (Å²) in [6, 6.07) is 5.29. The van der Waals surface area contributed by atoms with Crippen LogP contribution in [0.4, 0.5) is 0 Å². The third-order valence-electron chi connectivity index (χ3n) is 7.23. The smallest absolute Gasteiger partial charge is 0.260 e. The molecule has 1 aliphatic heterocycles. The Morgan fingerprint density at radius 1 is 1.35 bits per heavy atom. The molecule has 4 nitrogen and oxygen atoms in total. The van der Waals surface area contributed by atoms with Crippen LogP contribution in [0.1, 0.15) is 44.2 Å². The first-order valence-corrected chi connectivity index (χ1v) is 11.1. The van der Waals surface area contributed by atoms with Crippen LogP contribution >= 0.6 is 11.6 Å². The molecule has 6 heteroatoms. The fourth-order valence-corrected chi connectivity index (χ4v) is 8.22. The summed E-state index contributed by atoms with van der Waals surface area (Å²) in [5.74, 6) is 0.178. The van der Waals surface area contributed by atoms with Crippen molar-refractivity contribution >= 4 is 33.6 Å². The van der Waals surface area contributed by atoms with Gasteiger partial charge in [0, 0.05) is 16.5 Å². The van der Waals surface area contributed by atoms with Crippen LogP contribution < -0.4 is 0 Å². The van der Waals surface area contributed by atoms with Crippen molar-refractivity contribution in [1.82, 2.24) is 4.31 Å². The second kappa shape index (κ2) is 5.59. The highest BCUT2D eigenvalue weighted by molar-refractivity contribution is 7.90. The quantitative estimate of drug-likeness (QED) is 0.713. The molecule has 1 heterocycles. The molecule has 1 spiro atoms. The zero-order valence-corrected chi connectivity index (χ0v) is 16.9. The van der Waals surface area contributed by atoms with E-state index >= 15 is 0 Å². The maximum Gasteiger partial charge on any atom is 0.260 e. The van der Waals surface area contributed by atoms with Crippen LogP contribution in [0.5, 0.6) is 0 Å². The van der Waals surface area contributed by atoms with Crippen molar-refractivity contribution < 1.29 is 13.2 Å². The van der Waals surface area contributed by atoms with Gasteiger partial charge in [-0.1, -0.05) is 37.6 Å². The summed E-state index contributed by atoms with van der Waals surface area (Å²) in [4.78, 5) is 12.8. The number of rotatable bonds is 2. The minimum Gasteiger partial charge on any atom is -0.269 e. The molecule has 1 aromatic rings. The van der Waals surface area contributed by atoms with Gasteiger partial charge in [-0.05, 0) is 60.8 Å². The van der Waals surface area contributed by atoms with E-state index in [1.54, 1.807) is 12.1 Å². The third-order valence-corrected chi connectivity index (χ3v) is 9.57. The lowest BCUT2D eigenvalue weighted by Crippen LogP contribution is -2.43. The van der Waals surface area contributed by atoms with Gasteiger partial charge in [0.05, 0.1) is 11.8 Å². The Balaban J connectivity index is 1.64. The van der Waals surface area contributed by atoms with Gasteiger partial charge in [0.25, 0.3) is 5.91 Å². The van der Waals surface area contributed by atoms with E-state index < -0.39 is 15.9 Å². The van der Waals surface area contributed by atoms with Crippen molar-refractivity contribution in [3.05, 3.63) is 40.4 Å². The molecule has 0 N–H and O–H groups in total. The second-order valence-electron chi connectivity index (χ2n) is 8.60. The molecule has 3 aliphatic rings. The summed E-state index contributed by atoms with van der Waals surface area (Å²) in [6.45, 7) is 6.26. The summed E-state index contributed by atoms with van der Waals surface area (Å²) in [5, 5.41) is 0.668. The van der Waals surface area contributed by atoms with Gasteiger partial charge in [0.1, 0.15) is 0 Å². The lowest BCUT2D eigenvalue weighted by atomic mass is 9.69. The highest BCUT2D eigenvalue weighted by Gasteiger charge is 2.72. The SMILES string of the molecule is Cc1cc(C=CC(=O)N2[C@H]3C[C@@H]4CC[C@]3(CS2(=O)=O)C4(C)C)ccc1Cl. The summed E-state index contributed by atoms with van der Waals surface area (Å²) in [5.41, 5.74) is 1.44. The maximum atomic E-state index is 12.9. The van der Waals surface area contributed by atoms with Gasteiger partial charge in [-0.15, -0.1) is 0 Å². The zero-order valence-electron chi connectivity index (χ0n) is 15.3. The molecule has 26 heavy (non-hydrogen) atoms. The fourth-order valence-electron chi connectivity index (χ4n) is 5.59. The van der Waals surface area contributed by atoms with Crippen LogP contribution in [-0.4, -0.2) is 30.4 Å². The number of nitrogens with zero attached hydrogens (tertiary/aromatic N) is 1. The van der Waals surface area contributed by atoms with Crippen molar-refractivity contribution in [2.45, 2.75) is 46.1 Å².